The van der Waals surface area contributed by atoms with Gasteiger partial charge in [0.15, 0.2) is 0 Å². The van der Waals surface area contributed by atoms with Gasteiger partial charge in [0.1, 0.15) is 5.82 Å². The van der Waals surface area contributed by atoms with Gasteiger partial charge in [-0.05, 0) is 19.1 Å². The Labute approximate surface area is 80.1 Å². The Morgan fingerprint density at radius 2 is 2.38 bits per heavy atom. The van der Waals surface area contributed by atoms with Crippen LogP contribution in [0.15, 0.2) is 18.3 Å². The van der Waals surface area contributed by atoms with E-state index in [1.807, 2.05) is 6.07 Å². The van der Waals surface area contributed by atoms with Gasteiger partial charge in [0.05, 0.1) is 23.4 Å². The van der Waals surface area contributed by atoms with E-state index in [-0.39, 0.29) is 6.61 Å². The number of hydrogen-bond acceptors (Lipinski definition) is 3. The third-order valence-electron chi connectivity index (χ3n) is 1.77. The topological polar surface area (TPSA) is 48.9 Å². The monoisotopic (exact) mass is 194 g/mol. The van der Waals surface area contributed by atoms with Gasteiger partial charge < -0.3 is 10.1 Å². The van der Waals surface area contributed by atoms with Crippen LogP contribution < -0.4 is 0 Å². The molecule has 2 aromatic rings. The largest absolute Gasteiger partial charge is 0.390 e. The zero-order chi connectivity index (χ0) is 9.26. The van der Waals surface area contributed by atoms with Crippen LogP contribution in [-0.2, 0) is 6.61 Å². The molecule has 0 atom stereocenters. The van der Waals surface area contributed by atoms with Gasteiger partial charge in [0.2, 0.25) is 0 Å². The normalized spacial score (nSPS) is 10.6. The van der Waals surface area contributed by atoms with Crippen LogP contribution in [0.4, 0.5) is 0 Å². The highest BCUT2D eigenvalue weighted by atomic mass is 32.1. The predicted molar refractivity (Wildman–Crippen MR) is 52.6 cm³/mol. The van der Waals surface area contributed by atoms with E-state index in [2.05, 4.69) is 23.0 Å². The molecule has 0 aliphatic carbocycles. The van der Waals surface area contributed by atoms with Gasteiger partial charge in [-0.2, -0.15) is 0 Å². The summed E-state index contributed by atoms with van der Waals surface area (Å²) in [6.07, 6.45) is 1.66. The Kier molecular flexibility index (Phi) is 2.16. The van der Waals surface area contributed by atoms with Crippen molar-refractivity contribution in [3.05, 3.63) is 28.9 Å². The first kappa shape index (κ1) is 8.47. The van der Waals surface area contributed by atoms with E-state index in [4.69, 9.17) is 5.11 Å². The molecule has 0 aliphatic heterocycles. The molecule has 2 heterocycles. The maximum atomic E-state index is 8.84. The summed E-state index contributed by atoms with van der Waals surface area (Å²) in [5, 5.41) is 8.84. The summed E-state index contributed by atoms with van der Waals surface area (Å²) in [6, 6.07) is 4.08. The molecular weight excluding hydrogens is 184 g/mol. The van der Waals surface area contributed by atoms with Crippen molar-refractivity contribution in [2.45, 2.75) is 13.5 Å². The first-order valence-corrected chi connectivity index (χ1v) is 4.83. The lowest BCUT2D eigenvalue weighted by Gasteiger charge is -1.88. The van der Waals surface area contributed by atoms with Crippen LogP contribution in [0.1, 0.15) is 10.6 Å². The van der Waals surface area contributed by atoms with Crippen LogP contribution in [0.25, 0.3) is 10.7 Å². The predicted octanol–water partition coefficient (Wildman–Crippen LogP) is 1.94. The third-order valence-corrected chi connectivity index (χ3v) is 2.78. The average molecular weight is 194 g/mol. The molecule has 0 saturated carbocycles. The zero-order valence-electron chi connectivity index (χ0n) is 7.24. The number of imidazole rings is 1. The van der Waals surface area contributed by atoms with Gasteiger partial charge in [0.25, 0.3) is 0 Å². The highest BCUT2D eigenvalue weighted by Crippen LogP contribution is 2.24. The molecule has 0 amide bonds. The van der Waals surface area contributed by atoms with Gasteiger partial charge in [-0.1, -0.05) is 0 Å². The minimum Gasteiger partial charge on any atom is -0.390 e. The number of H-pyrrole nitrogens is 1. The molecule has 0 spiro atoms. The Bertz CT molecular complexity index is 405. The lowest BCUT2D eigenvalue weighted by atomic mass is 10.4. The first-order valence-electron chi connectivity index (χ1n) is 4.01. The molecule has 0 fully saturated rings. The molecule has 0 radical (unpaired) electrons. The van der Waals surface area contributed by atoms with Crippen LogP contribution >= 0.6 is 11.3 Å². The molecule has 0 aliphatic rings. The maximum absolute atomic E-state index is 8.84. The fourth-order valence-electron chi connectivity index (χ4n) is 1.13. The average Bonchev–Trinajstić information content (AvgIpc) is 2.71. The van der Waals surface area contributed by atoms with Crippen molar-refractivity contribution in [1.29, 1.82) is 0 Å². The fourth-order valence-corrected chi connectivity index (χ4v) is 1.95. The van der Waals surface area contributed by atoms with Crippen LogP contribution in [0.5, 0.6) is 0 Å². The number of rotatable bonds is 2. The van der Waals surface area contributed by atoms with Gasteiger partial charge in [0, 0.05) is 4.88 Å². The van der Waals surface area contributed by atoms with Crippen LogP contribution in [-0.4, -0.2) is 15.1 Å². The summed E-state index contributed by atoms with van der Waals surface area (Å²) < 4.78 is 0. The van der Waals surface area contributed by atoms with Crippen LogP contribution in [0, 0.1) is 6.92 Å². The summed E-state index contributed by atoms with van der Waals surface area (Å²) >= 11 is 1.69. The molecule has 0 saturated heterocycles. The Morgan fingerprint density at radius 1 is 1.54 bits per heavy atom. The molecule has 4 heteroatoms. The van der Waals surface area contributed by atoms with Gasteiger partial charge in [-0.25, -0.2) is 4.98 Å². The molecule has 68 valence electrons. The van der Waals surface area contributed by atoms with Gasteiger partial charge in [-0.15, -0.1) is 11.3 Å². The number of aliphatic hydroxyl groups excluding tert-OH is 1. The smallest absolute Gasteiger partial charge is 0.147 e. The van der Waals surface area contributed by atoms with E-state index in [1.165, 1.54) is 4.88 Å². The standard InChI is InChI=1S/C9H10N2OS/c1-6-2-3-8(13-6)9-10-4-7(5-12)11-9/h2-4,12H,5H2,1H3,(H,10,11). The van der Waals surface area contributed by atoms with E-state index >= 15 is 0 Å². The number of aliphatic hydroxyl groups is 1. The van der Waals surface area contributed by atoms with Crippen molar-refractivity contribution in [3.63, 3.8) is 0 Å². The van der Waals surface area contributed by atoms with Crippen molar-refractivity contribution in [3.8, 4) is 10.7 Å². The summed E-state index contributed by atoms with van der Waals surface area (Å²) in [5.41, 5.74) is 0.751. The summed E-state index contributed by atoms with van der Waals surface area (Å²) in [4.78, 5) is 9.58. The molecule has 2 N–H and O–H groups in total. The number of thiophene rings is 1. The Hall–Kier alpha value is -1.13. The third kappa shape index (κ3) is 1.64. The van der Waals surface area contributed by atoms with E-state index < -0.39 is 0 Å². The van der Waals surface area contributed by atoms with E-state index in [9.17, 15) is 0 Å². The van der Waals surface area contributed by atoms with Crippen molar-refractivity contribution in [2.24, 2.45) is 0 Å². The highest BCUT2D eigenvalue weighted by Gasteiger charge is 2.04. The molecule has 3 nitrogen and oxygen atoms in total. The SMILES string of the molecule is Cc1ccc(-c2ncc(CO)[nH]2)s1. The summed E-state index contributed by atoms with van der Waals surface area (Å²) in [6.45, 7) is 2.07. The quantitative estimate of drug-likeness (QED) is 0.767. The second-order valence-electron chi connectivity index (χ2n) is 2.83. The number of aromatic amines is 1. The van der Waals surface area contributed by atoms with E-state index in [0.717, 1.165) is 16.4 Å². The minimum atomic E-state index is 0.0113. The molecule has 0 unspecified atom stereocenters. The number of aromatic nitrogens is 2. The van der Waals surface area contributed by atoms with Crippen molar-refractivity contribution in [1.82, 2.24) is 9.97 Å². The number of nitrogens with zero attached hydrogens (tertiary/aromatic N) is 1. The summed E-state index contributed by atoms with van der Waals surface area (Å²) in [5.74, 6) is 0.835. The van der Waals surface area contributed by atoms with Crippen molar-refractivity contribution >= 4 is 11.3 Å². The molecule has 2 aromatic heterocycles. The lowest BCUT2D eigenvalue weighted by Crippen LogP contribution is -1.80. The number of nitrogens with one attached hydrogen (secondary N) is 1. The van der Waals surface area contributed by atoms with Crippen LogP contribution in [0.2, 0.25) is 0 Å². The Morgan fingerprint density at radius 3 is 2.92 bits per heavy atom. The molecule has 13 heavy (non-hydrogen) atoms. The van der Waals surface area contributed by atoms with Crippen molar-refractivity contribution < 1.29 is 5.11 Å². The second kappa shape index (κ2) is 3.32. The fraction of sp³-hybridized carbons (Fsp3) is 0.222. The lowest BCUT2D eigenvalue weighted by molar-refractivity contribution is 0.277. The number of hydrogen-bond donors (Lipinski definition) is 2. The second-order valence-corrected chi connectivity index (χ2v) is 4.11. The van der Waals surface area contributed by atoms with Crippen molar-refractivity contribution in [2.75, 3.05) is 0 Å². The Balaban J connectivity index is 2.35. The minimum absolute atomic E-state index is 0.0113. The van der Waals surface area contributed by atoms with E-state index in [1.54, 1.807) is 17.5 Å². The van der Waals surface area contributed by atoms with Gasteiger partial charge >= 0.3 is 0 Å². The molecule has 0 aromatic carbocycles. The molecule has 2 rings (SSSR count). The van der Waals surface area contributed by atoms with Crippen LogP contribution in [0.3, 0.4) is 0 Å². The summed E-state index contributed by atoms with van der Waals surface area (Å²) in [7, 11) is 0. The maximum Gasteiger partial charge on any atom is 0.147 e. The van der Waals surface area contributed by atoms with E-state index in [0.29, 0.717) is 0 Å². The van der Waals surface area contributed by atoms with Gasteiger partial charge in [-0.3, -0.25) is 0 Å². The highest BCUT2D eigenvalue weighted by molar-refractivity contribution is 7.15. The first-order chi connectivity index (χ1) is 6.29. The number of aryl methyl sites for hydroxylation is 1. The molecular formula is C9H10N2OS. The zero-order valence-corrected chi connectivity index (χ0v) is 8.06. The molecule has 0 bridgehead atoms.